The number of rotatable bonds is 8. The number of benzene rings is 1. The lowest BCUT2D eigenvalue weighted by atomic mass is 10.1. The van der Waals surface area contributed by atoms with Crippen molar-refractivity contribution in [3.63, 3.8) is 0 Å². The number of carbonyl (C=O) groups is 2. The van der Waals surface area contributed by atoms with Crippen molar-refractivity contribution < 1.29 is 14.3 Å². The van der Waals surface area contributed by atoms with E-state index in [1.54, 1.807) is 6.07 Å². The molecule has 1 aliphatic rings. The Kier molecular flexibility index (Phi) is 13.1. The molecule has 28 heavy (non-hydrogen) atoms. The molecule has 0 saturated carbocycles. The number of carbonyl (C=O) groups excluding carboxylic acids is 2. The molecule has 1 saturated heterocycles. The second-order valence-electron chi connectivity index (χ2n) is 6.76. The Hall–Kier alpha value is -1.38. The van der Waals surface area contributed by atoms with E-state index in [0.29, 0.717) is 17.9 Å². The summed E-state index contributed by atoms with van der Waals surface area (Å²) in [5.41, 5.74) is 7.85. The van der Waals surface area contributed by atoms with Crippen LogP contribution in [0.25, 0.3) is 0 Å². The topological polar surface area (TPSA) is 96.7 Å². The summed E-state index contributed by atoms with van der Waals surface area (Å²) in [5.74, 6) is -0.196. The molecule has 0 spiro atoms. The van der Waals surface area contributed by atoms with Gasteiger partial charge in [-0.05, 0) is 50.6 Å². The highest BCUT2D eigenvalue weighted by atomic mass is 35.5. The predicted octanol–water partition coefficient (Wildman–Crippen LogP) is 2.57. The molecule has 2 amide bonds. The molecular formula is C19H32Cl2N4O3. The number of likely N-dealkylation sites (tertiary alicyclic amines) is 1. The molecule has 1 atom stereocenters. The van der Waals surface area contributed by atoms with Crippen molar-refractivity contribution in [2.45, 2.75) is 38.7 Å². The highest BCUT2D eigenvalue weighted by Crippen LogP contribution is 2.21. The Morgan fingerprint density at radius 2 is 1.82 bits per heavy atom. The molecule has 0 bridgehead atoms. The third kappa shape index (κ3) is 8.75. The number of piperidine rings is 1. The largest absolute Gasteiger partial charge is 0.380 e. The van der Waals surface area contributed by atoms with E-state index in [2.05, 4.69) is 15.5 Å². The Bertz CT molecular complexity index is 621. The summed E-state index contributed by atoms with van der Waals surface area (Å²) in [7, 11) is 1.53. The van der Waals surface area contributed by atoms with Gasteiger partial charge < -0.3 is 21.1 Å². The highest BCUT2D eigenvalue weighted by molar-refractivity contribution is 5.95. The molecule has 160 valence electrons. The number of aryl methyl sites for hydroxylation is 1. The van der Waals surface area contributed by atoms with Gasteiger partial charge in [-0.25, -0.2) is 0 Å². The number of nitrogens with zero attached hydrogens (tertiary/aromatic N) is 1. The van der Waals surface area contributed by atoms with E-state index in [1.807, 2.05) is 19.1 Å². The Labute approximate surface area is 179 Å². The lowest BCUT2D eigenvalue weighted by Gasteiger charge is -2.25. The molecule has 9 heteroatoms. The van der Waals surface area contributed by atoms with Gasteiger partial charge in [0.25, 0.3) is 0 Å². The minimum atomic E-state index is -0.302. The summed E-state index contributed by atoms with van der Waals surface area (Å²) in [4.78, 5) is 26.6. The maximum atomic E-state index is 12.3. The standard InChI is InChI=1S/C19H30N4O3.2ClH/c1-14-6-7-15(21-18(24)11-16(12-20)26-2)10-17(14)22-19(25)13-23-8-4-3-5-9-23;;/h6-7,10,16H,3-5,8-9,11-13,20H2,1-2H3,(H,21,24)(H,22,25);2*1H. The Morgan fingerprint density at radius 3 is 2.43 bits per heavy atom. The van der Waals surface area contributed by atoms with Crippen molar-refractivity contribution in [2.24, 2.45) is 5.73 Å². The second-order valence-corrected chi connectivity index (χ2v) is 6.76. The molecule has 0 aromatic heterocycles. The summed E-state index contributed by atoms with van der Waals surface area (Å²) < 4.78 is 5.13. The molecular weight excluding hydrogens is 403 g/mol. The highest BCUT2D eigenvalue weighted by Gasteiger charge is 2.15. The zero-order chi connectivity index (χ0) is 18.9. The van der Waals surface area contributed by atoms with Crippen LogP contribution in [-0.2, 0) is 14.3 Å². The van der Waals surface area contributed by atoms with Crippen LogP contribution >= 0.6 is 24.8 Å². The molecule has 1 fully saturated rings. The lowest BCUT2D eigenvalue weighted by Crippen LogP contribution is -2.36. The van der Waals surface area contributed by atoms with E-state index in [0.717, 1.165) is 31.5 Å². The zero-order valence-electron chi connectivity index (χ0n) is 16.5. The first-order valence-corrected chi connectivity index (χ1v) is 9.17. The molecule has 0 radical (unpaired) electrons. The zero-order valence-corrected chi connectivity index (χ0v) is 18.2. The molecule has 1 unspecified atom stereocenters. The maximum Gasteiger partial charge on any atom is 0.238 e. The molecule has 2 rings (SSSR count). The van der Waals surface area contributed by atoms with Crippen LogP contribution in [0.4, 0.5) is 11.4 Å². The predicted molar refractivity (Wildman–Crippen MR) is 118 cm³/mol. The summed E-state index contributed by atoms with van der Waals surface area (Å²) in [6, 6.07) is 5.48. The number of nitrogens with one attached hydrogen (secondary N) is 2. The van der Waals surface area contributed by atoms with Crippen LogP contribution in [0.2, 0.25) is 0 Å². The number of hydrogen-bond acceptors (Lipinski definition) is 5. The van der Waals surface area contributed by atoms with Gasteiger partial charge >= 0.3 is 0 Å². The average Bonchev–Trinajstić information content (AvgIpc) is 2.63. The first kappa shape index (κ1) is 26.6. The van der Waals surface area contributed by atoms with Crippen LogP contribution in [0.3, 0.4) is 0 Å². The van der Waals surface area contributed by atoms with E-state index in [-0.39, 0.29) is 55.7 Å². The average molecular weight is 435 g/mol. The summed E-state index contributed by atoms with van der Waals surface area (Å²) in [6.07, 6.45) is 3.44. The monoisotopic (exact) mass is 434 g/mol. The van der Waals surface area contributed by atoms with Gasteiger partial charge in [0.05, 0.1) is 19.1 Å². The molecule has 7 nitrogen and oxygen atoms in total. The number of nitrogens with two attached hydrogens (primary N) is 1. The fraction of sp³-hybridized carbons (Fsp3) is 0.579. The van der Waals surface area contributed by atoms with E-state index in [4.69, 9.17) is 10.5 Å². The number of halogens is 2. The van der Waals surface area contributed by atoms with Gasteiger partial charge in [0.2, 0.25) is 11.8 Å². The van der Waals surface area contributed by atoms with E-state index in [9.17, 15) is 9.59 Å². The number of ether oxygens (including phenoxy) is 1. The van der Waals surface area contributed by atoms with Crippen molar-refractivity contribution in [3.05, 3.63) is 23.8 Å². The lowest BCUT2D eigenvalue weighted by molar-refractivity contribution is -0.118. The summed E-state index contributed by atoms with van der Waals surface area (Å²) in [5, 5.41) is 5.78. The van der Waals surface area contributed by atoms with Gasteiger partial charge in [-0.15, -0.1) is 24.8 Å². The Balaban J connectivity index is 0.00000364. The van der Waals surface area contributed by atoms with Crippen LogP contribution < -0.4 is 16.4 Å². The second kappa shape index (κ2) is 13.7. The fourth-order valence-corrected chi connectivity index (χ4v) is 3.03. The van der Waals surface area contributed by atoms with Crippen molar-refractivity contribution in [3.8, 4) is 0 Å². The van der Waals surface area contributed by atoms with Crippen LogP contribution in [0.15, 0.2) is 18.2 Å². The normalized spacial score (nSPS) is 15.0. The number of amides is 2. The van der Waals surface area contributed by atoms with Crippen molar-refractivity contribution >= 4 is 48.0 Å². The summed E-state index contributed by atoms with van der Waals surface area (Å²) in [6.45, 7) is 4.57. The van der Waals surface area contributed by atoms with Crippen LogP contribution in [-0.4, -0.2) is 56.1 Å². The molecule has 1 aromatic rings. The number of anilines is 2. The third-order valence-electron chi connectivity index (χ3n) is 4.62. The first-order chi connectivity index (χ1) is 12.5. The van der Waals surface area contributed by atoms with Crippen molar-refractivity contribution in [1.29, 1.82) is 0 Å². The van der Waals surface area contributed by atoms with Gasteiger partial charge in [-0.1, -0.05) is 12.5 Å². The van der Waals surface area contributed by atoms with Gasteiger partial charge in [0.1, 0.15) is 0 Å². The number of hydrogen-bond donors (Lipinski definition) is 3. The number of methoxy groups -OCH3 is 1. The van der Waals surface area contributed by atoms with Crippen molar-refractivity contribution in [2.75, 3.05) is 43.9 Å². The Morgan fingerprint density at radius 1 is 1.14 bits per heavy atom. The van der Waals surface area contributed by atoms with Gasteiger partial charge in [-0.2, -0.15) is 0 Å². The van der Waals surface area contributed by atoms with Gasteiger partial charge in [0.15, 0.2) is 0 Å². The molecule has 1 heterocycles. The quantitative estimate of drug-likeness (QED) is 0.583. The smallest absolute Gasteiger partial charge is 0.238 e. The van der Waals surface area contributed by atoms with Crippen LogP contribution in [0.5, 0.6) is 0 Å². The first-order valence-electron chi connectivity index (χ1n) is 9.17. The molecule has 4 N–H and O–H groups in total. The minimum absolute atomic E-state index is 0. The molecule has 1 aromatic carbocycles. The molecule has 1 aliphatic heterocycles. The van der Waals surface area contributed by atoms with Crippen LogP contribution in [0.1, 0.15) is 31.2 Å². The van der Waals surface area contributed by atoms with E-state index < -0.39 is 0 Å². The van der Waals surface area contributed by atoms with Crippen molar-refractivity contribution in [1.82, 2.24) is 4.90 Å². The van der Waals surface area contributed by atoms with E-state index in [1.165, 1.54) is 13.5 Å². The fourth-order valence-electron chi connectivity index (χ4n) is 3.03. The van der Waals surface area contributed by atoms with Crippen LogP contribution in [0, 0.1) is 6.92 Å². The van der Waals surface area contributed by atoms with Gasteiger partial charge in [-0.3, -0.25) is 14.5 Å². The summed E-state index contributed by atoms with van der Waals surface area (Å²) >= 11 is 0. The van der Waals surface area contributed by atoms with E-state index >= 15 is 0 Å². The third-order valence-corrected chi connectivity index (χ3v) is 4.62. The minimum Gasteiger partial charge on any atom is -0.380 e. The van der Waals surface area contributed by atoms with Gasteiger partial charge in [0, 0.05) is 25.0 Å². The molecule has 0 aliphatic carbocycles. The SMILES string of the molecule is COC(CN)CC(=O)Nc1ccc(C)c(NC(=O)CN2CCCCC2)c1.Cl.Cl. The maximum absolute atomic E-state index is 12.3.